The van der Waals surface area contributed by atoms with Crippen LogP contribution in [0, 0.1) is 0 Å². The van der Waals surface area contributed by atoms with Crippen molar-refractivity contribution >= 4 is 5.91 Å². The van der Waals surface area contributed by atoms with Crippen LogP contribution in [0.1, 0.15) is 10.5 Å². The maximum atomic E-state index is 11.0. The fourth-order valence-corrected chi connectivity index (χ4v) is 1.55. The summed E-state index contributed by atoms with van der Waals surface area (Å²) < 4.78 is 10.3. The molecule has 1 heterocycles. The molecule has 0 aliphatic heterocycles. The van der Waals surface area contributed by atoms with E-state index in [1.54, 1.807) is 38.5 Å². The van der Waals surface area contributed by atoms with Gasteiger partial charge in [-0.15, -0.1) is 0 Å². The fourth-order valence-electron chi connectivity index (χ4n) is 1.55. The van der Waals surface area contributed by atoms with Gasteiger partial charge in [-0.2, -0.15) is 5.10 Å². The number of nitrogens with one attached hydrogen (secondary N) is 1. The lowest BCUT2D eigenvalue weighted by Gasteiger charge is -2.06. The molecule has 0 saturated heterocycles. The van der Waals surface area contributed by atoms with E-state index in [-0.39, 0.29) is 5.69 Å². The van der Waals surface area contributed by atoms with E-state index in [0.717, 1.165) is 5.56 Å². The number of amides is 1. The SMILES string of the molecule is COc1cc(OC)cc(-c2cc(C(N)=O)[nH]n2)c1. The Balaban J connectivity index is 2.45. The number of aromatic nitrogens is 2. The lowest BCUT2D eigenvalue weighted by atomic mass is 10.1. The molecular weight excluding hydrogens is 234 g/mol. The van der Waals surface area contributed by atoms with Gasteiger partial charge >= 0.3 is 0 Å². The maximum absolute atomic E-state index is 11.0. The van der Waals surface area contributed by atoms with E-state index in [2.05, 4.69) is 10.2 Å². The number of hydrogen-bond acceptors (Lipinski definition) is 4. The van der Waals surface area contributed by atoms with Gasteiger partial charge in [0.25, 0.3) is 5.91 Å². The molecule has 94 valence electrons. The summed E-state index contributed by atoms with van der Waals surface area (Å²) in [5.74, 6) is 0.740. The Morgan fingerprint density at radius 3 is 2.22 bits per heavy atom. The molecule has 6 heteroatoms. The van der Waals surface area contributed by atoms with Gasteiger partial charge in [0.2, 0.25) is 0 Å². The molecule has 0 fully saturated rings. The summed E-state index contributed by atoms with van der Waals surface area (Å²) in [5, 5.41) is 6.59. The zero-order chi connectivity index (χ0) is 13.1. The second-order valence-electron chi connectivity index (χ2n) is 3.63. The van der Waals surface area contributed by atoms with Crippen molar-refractivity contribution in [2.24, 2.45) is 5.73 Å². The summed E-state index contributed by atoms with van der Waals surface area (Å²) in [6.07, 6.45) is 0. The minimum atomic E-state index is -0.552. The normalized spacial score (nSPS) is 10.1. The van der Waals surface area contributed by atoms with Crippen molar-refractivity contribution in [1.82, 2.24) is 10.2 Å². The molecule has 0 aliphatic carbocycles. The molecule has 0 saturated carbocycles. The fraction of sp³-hybridized carbons (Fsp3) is 0.167. The number of nitrogens with zero attached hydrogens (tertiary/aromatic N) is 1. The van der Waals surface area contributed by atoms with E-state index in [1.165, 1.54) is 0 Å². The molecule has 18 heavy (non-hydrogen) atoms. The first kappa shape index (κ1) is 12.0. The zero-order valence-electron chi connectivity index (χ0n) is 10.1. The van der Waals surface area contributed by atoms with Gasteiger partial charge in [0.15, 0.2) is 0 Å². The number of carbonyl (C=O) groups is 1. The highest BCUT2D eigenvalue weighted by Crippen LogP contribution is 2.28. The monoisotopic (exact) mass is 247 g/mol. The van der Waals surface area contributed by atoms with Gasteiger partial charge in [0, 0.05) is 11.6 Å². The molecule has 0 radical (unpaired) electrons. The molecule has 0 unspecified atom stereocenters. The summed E-state index contributed by atoms with van der Waals surface area (Å²) >= 11 is 0. The van der Waals surface area contributed by atoms with Crippen LogP contribution in [0.25, 0.3) is 11.3 Å². The predicted molar refractivity (Wildman–Crippen MR) is 65.6 cm³/mol. The standard InChI is InChI=1S/C12H13N3O3/c1-17-8-3-7(4-9(5-8)18-2)10-6-11(12(13)16)15-14-10/h3-6H,1-2H3,(H2,13,16)(H,14,15). The van der Waals surface area contributed by atoms with E-state index in [4.69, 9.17) is 15.2 Å². The van der Waals surface area contributed by atoms with Gasteiger partial charge in [-0.1, -0.05) is 0 Å². The first-order valence-corrected chi connectivity index (χ1v) is 5.22. The molecule has 0 spiro atoms. The summed E-state index contributed by atoms with van der Waals surface area (Å²) in [6.45, 7) is 0. The van der Waals surface area contributed by atoms with Crippen LogP contribution < -0.4 is 15.2 Å². The van der Waals surface area contributed by atoms with Crippen molar-refractivity contribution in [2.45, 2.75) is 0 Å². The van der Waals surface area contributed by atoms with Crippen LogP contribution in [-0.2, 0) is 0 Å². The number of rotatable bonds is 4. The van der Waals surface area contributed by atoms with E-state index >= 15 is 0 Å². The summed E-state index contributed by atoms with van der Waals surface area (Å²) in [7, 11) is 3.13. The van der Waals surface area contributed by atoms with Gasteiger partial charge in [-0.25, -0.2) is 0 Å². The van der Waals surface area contributed by atoms with Crippen molar-refractivity contribution in [3.63, 3.8) is 0 Å². The van der Waals surface area contributed by atoms with E-state index < -0.39 is 5.91 Å². The van der Waals surface area contributed by atoms with Crippen molar-refractivity contribution in [2.75, 3.05) is 14.2 Å². The Labute approximate surface area is 104 Å². The van der Waals surface area contributed by atoms with Crippen LogP contribution >= 0.6 is 0 Å². The summed E-state index contributed by atoms with van der Waals surface area (Å²) in [6, 6.07) is 6.93. The van der Waals surface area contributed by atoms with Gasteiger partial charge < -0.3 is 15.2 Å². The lowest BCUT2D eigenvalue weighted by molar-refractivity contribution is 0.0995. The molecule has 2 rings (SSSR count). The number of aromatic amines is 1. The van der Waals surface area contributed by atoms with Crippen LogP contribution in [0.15, 0.2) is 24.3 Å². The molecular formula is C12H13N3O3. The number of carbonyl (C=O) groups excluding carboxylic acids is 1. The number of methoxy groups -OCH3 is 2. The summed E-state index contributed by atoms with van der Waals surface area (Å²) in [4.78, 5) is 11.0. The number of H-pyrrole nitrogens is 1. The average molecular weight is 247 g/mol. The number of nitrogens with two attached hydrogens (primary N) is 1. The third kappa shape index (κ3) is 2.27. The van der Waals surface area contributed by atoms with Gasteiger partial charge in [-0.05, 0) is 18.2 Å². The lowest BCUT2D eigenvalue weighted by Crippen LogP contribution is -2.10. The first-order chi connectivity index (χ1) is 8.63. The predicted octanol–water partition coefficient (Wildman–Crippen LogP) is 1.19. The Morgan fingerprint density at radius 2 is 1.78 bits per heavy atom. The van der Waals surface area contributed by atoms with Crippen molar-refractivity contribution in [3.8, 4) is 22.8 Å². The van der Waals surface area contributed by atoms with Crippen LogP contribution in [-0.4, -0.2) is 30.3 Å². The second kappa shape index (κ2) is 4.79. The largest absolute Gasteiger partial charge is 0.497 e. The number of ether oxygens (including phenoxy) is 2. The van der Waals surface area contributed by atoms with Crippen LogP contribution in [0.4, 0.5) is 0 Å². The van der Waals surface area contributed by atoms with Crippen molar-refractivity contribution < 1.29 is 14.3 Å². The highest BCUT2D eigenvalue weighted by molar-refractivity contribution is 5.91. The van der Waals surface area contributed by atoms with Gasteiger partial charge in [0.1, 0.15) is 17.2 Å². The minimum Gasteiger partial charge on any atom is -0.497 e. The van der Waals surface area contributed by atoms with E-state index in [1.807, 2.05) is 0 Å². The molecule has 0 bridgehead atoms. The highest BCUT2D eigenvalue weighted by atomic mass is 16.5. The molecule has 1 aromatic heterocycles. The number of primary amides is 1. The Morgan fingerprint density at radius 1 is 1.17 bits per heavy atom. The number of hydrogen-bond donors (Lipinski definition) is 2. The highest BCUT2D eigenvalue weighted by Gasteiger charge is 2.10. The minimum absolute atomic E-state index is 0.256. The van der Waals surface area contributed by atoms with Crippen LogP contribution in [0.2, 0.25) is 0 Å². The van der Waals surface area contributed by atoms with Gasteiger partial charge in [0.05, 0.1) is 19.9 Å². The Hall–Kier alpha value is -2.50. The quantitative estimate of drug-likeness (QED) is 0.849. The molecule has 1 aromatic carbocycles. The molecule has 0 aliphatic rings. The topological polar surface area (TPSA) is 90.2 Å². The molecule has 0 atom stereocenters. The summed E-state index contributed by atoms with van der Waals surface area (Å²) in [5.41, 5.74) is 6.79. The third-order valence-electron chi connectivity index (χ3n) is 2.49. The van der Waals surface area contributed by atoms with Crippen LogP contribution in [0.3, 0.4) is 0 Å². The van der Waals surface area contributed by atoms with Crippen LogP contribution in [0.5, 0.6) is 11.5 Å². The zero-order valence-corrected chi connectivity index (χ0v) is 10.1. The second-order valence-corrected chi connectivity index (χ2v) is 3.63. The van der Waals surface area contributed by atoms with Crippen molar-refractivity contribution in [3.05, 3.63) is 30.0 Å². The molecule has 2 aromatic rings. The van der Waals surface area contributed by atoms with Gasteiger partial charge in [-0.3, -0.25) is 9.89 Å². The Bertz CT molecular complexity index is 555. The molecule has 3 N–H and O–H groups in total. The number of benzene rings is 1. The molecule has 1 amide bonds. The first-order valence-electron chi connectivity index (χ1n) is 5.22. The molecule has 6 nitrogen and oxygen atoms in total. The Kier molecular flexibility index (Phi) is 3.18. The maximum Gasteiger partial charge on any atom is 0.266 e. The average Bonchev–Trinajstić information content (AvgIpc) is 2.87. The third-order valence-corrected chi connectivity index (χ3v) is 2.49. The van der Waals surface area contributed by atoms with E-state index in [9.17, 15) is 4.79 Å². The van der Waals surface area contributed by atoms with Crippen molar-refractivity contribution in [1.29, 1.82) is 0 Å². The smallest absolute Gasteiger partial charge is 0.266 e. The van der Waals surface area contributed by atoms with E-state index in [0.29, 0.717) is 17.2 Å².